The standard InChI is InChI=1S/C12H23NO/c1-3-11-9-13(8-10-4-5-10)7-6-12(11)14-2/h10-12H,3-9H2,1-2H3/t11-,12-/m0/s1. The molecule has 2 aliphatic rings. The summed E-state index contributed by atoms with van der Waals surface area (Å²) < 4.78 is 5.54. The Morgan fingerprint density at radius 3 is 2.64 bits per heavy atom. The minimum atomic E-state index is 0.524. The Balaban J connectivity index is 1.80. The Morgan fingerprint density at radius 2 is 2.07 bits per heavy atom. The molecule has 2 heteroatoms. The van der Waals surface area contributed by atoms with E-state index in [1.807, 2.05) is 7.11 Å². The minimum absolute atomic E-state index is 0.524. The summed E-state index contributed by atoms with van der Waals surface area (Å²) in [5, 5.41) is 0. The highest BCUT2D eigenvalue weighted by molar-refractivity contribution is 4.84. The van der Waals surface area contributed by atoms with Crippen LogP contribution in [0, 0.1) is 11.8 Å². The van der Waals surface area contributed by atoms with Crippen LogP contribution in [-0.4, -0.2) is 37.7 Å². The number of piperidine rings is 1. The summed E-state index contributed by atoms with van der Waals surface area (Å²) in [7, 11) is 1.86. The summed E-state index contributed by atoms with van der Waals surface area (Å²) in [4.78, 5) is 2.65. The molecule has 1 saturated carbocycles. The van der Waals surface area contributed by atoms with Crippen LogP contribution in [0.5, 0.6) is 0 Å². The van der Waals surface area contributed by atoms with Gasteiger partial charge in [0.05, 0.1) is 6.10 Å². The summed E-state index contributed by atoms with van der Waals surface area (Å²) >= 11 is 0. The van der Waals surface area contributed by atoms with E-state index in [4.69, 9.17) is 4.74 Å². The first-order chi connectivity index (χ1) is 6.83. The van der Waals surface area contributed by atoms with Gasteiger partial charge in [0.15, 0.2) is 0 Å². The van der Waals surface area contributed by atoms with Crippen LogP contribution in [0.4, 0.5) is 0 Å². The van der Waals surface area contributed by atoms with Crippen molar-refractivity contribution in [3.05, 3.63) is 0 Å². The largest absolute Gasteiger partial charge is 0.381 e. The molecule has 0 spiro atoms. The Labute approximate surface area is 87.6 Å². The molecule has 82 valence electrons. The van der Waals surface area contributed by atoms with E-state index in [2.05, 4.69) is 11.8 Å². The molecule has 0 unspecified atom stereocenters. The third-order valence-corrected chi connectivity index (χ3v) is 3.79. The number of likely N-dealkylation sites (tertiary alicyclic amines) is 1. The molecule has 0 aromatic carbocycles. The smallest absolute Gasteiger partial charge is 0.0623 e. The van der Waals surface area contributed by atoms with E-state index in [1.54, 1.807) is 0 Å². The van der Waals surface area contributed by atoms with Crippen LogP contribution in [0.1, 0.15) is 32.6 Å². The molecular formula is C12H23NO. The van der Waals surface area contributed by atoms with Gasteiger partial charge in [0.2, 0.25) is 0 Å². The topological polar surface area (TPSA) is 12.5 Å². The monoisotopic (exact) mass is 197 g/mol. The highest BCUT2D eigenvalue weighted by atomic mass is 16.5. The summed E-state index contributed by atoms with van der Waals surface area (Å²) in [6.45, 7) is 6.17. The highest BCUT2D eigenvalue weighted by Gasteiger charge is 2.31. The predicted molar refractivity (Wildman–Crippen MR) is 58.4 cm³/mol. The average molecular weight is 197 g/mol. The molecule has 0 bridgehead atoms. The van der Waals surface area contributed by atoms with E-state index in [0.29, 0.717) is 6.10 Å². The van der Waals surface area contributed by atoms with E-state index in [-0.39, 0.29) is 0 Å². The van der Waals surface area contributed by atoms with Crippen molar-refractivity contribution < 1.29 is 4.74 Å². The number of nitrogens with zero attached hydrogens (tertiary/aromatic N) is 1. The first-order valence-corrected chi connectivity index (χ1v) is 6.08. The molecule has 0 aromatic rings. The second kappa shape index (κ2) is 4.63. The first kappa shape index (κ1) is 10.4. The van der Waals surface area contributed by atoms with Gasteiger partial charge in [0.1, 0.15) is 0 Å². The van der Waals surface area contributed by atoms with E-state index in [1.165, 1.54) is 45.3 Å². The van der Waals surface area contributed by atoms with Crippen LogP contribution in [0.25, 0.3) is 0 Å². The molecule has 2 rings (SSSR count). The van der Waals surface area contributed by atoms with Crippen LogP contribution < -0.4 is 0 Å². The maximum atomic E-state index is 5.54. The zero-order valence-electron chi connectivity index (χ0n) is 9.54. The lowest BCUT2D eigenvalue weighted by Gasteiger charge is -2.37. The molecule has 0 N–H and O–H groups in total. The molecule has 1 aliphatic carbocycles. The van der Waals surface area contributed by atoms with E-state index in [9.17, 15) is 0 Å². The number of hydrogen-bond acceptors (Lipinski definition) is 2. The molecule has 0 radical (unpaired) electrons. The van der Waals surface area contributed by atoms with Gasteiger partial charge in [-0.1, -0.05) is 6.92 Å². The summed E-state index contributed by atoms with van der Waals surface area (Å²) in [5.41, 5.74) is 0. The maximum absolute atomic E-state index is 5.54. The molecule has 1 heterocycles. The molecule has 0 aromatic heterocycles. The molecule has 14 heavy (non-hydrogen) atoms. The van der Waals surface area contributed by atoms with E-state index >= 15 is 0 Å². The Kier molecular flexibility index (Phi) is 3.45. The van der Waals surface area contributed by atoms with Crippen molar-refractivity contribution in [3.63, 3.8) is 0 Å². The van der Waals surface area contributed by atoms with Crippen molar-refractivity contribution in [1.82, 2.24) is 4.90 Å². The fourth-order valence-corrected chi connectivity index (χ4v) is 2.62. The van der Waals surface area contributed by atoms with E-state index in [0.717, 1.165) is 11.8 Å². The van der Waals surface area contributed by atoms with Gasteiger partial charge in [-0.15, -0.1) is 0 Å². The van der Waals surface area contributed by atoms with Gasteiger partial charge in [-0.2, -0.15) is 0 Å². The second-order valence-corrected chi connectivity index (χ2v) is 4.93. The van der Waals surface area contributed by atoms with Crippen molar-refractivity contribution in [2.75, 3.05) is 26.7 Å². The summed E-state index contributed by atoms with van der Waals surface area (Å²) in [6, 6.07) is 0. The molecule has 2 atom stereocenters. The Morgan fingerprint density at radius 1 is 1.29 bits per heavy atom. The Hall–Kier alpha value is -0.0800. The number of methoxy groups -OCH3 is 1. The maximum Gasteiger partial charge on any atom is 0.0623 e. The van der Waals surface area contributed by atoms with Gasteiger partial charge in [-0.3, -0.25) is 0 Å². The molecule has 1 saturated heterocycles. The SMILES string of the molecule is CC[C@H]1CN(CC2CC2)CC[C@@H]1OC. The summed E-state index contributed by atoms with van der Waals surface area (Å²) in [5.74, 6) is 1.80. The lowest BCUT2D eigenvalue weighted by molar-refractivity contribution is -0.00880. The predicted octanol–water partition coefficient (Wildman–Crippen LogP) is 2.14. The second-order valence-electron chi connectivity index (χ2n) is 4.93. The van der Waals surface area contributed by atoms with Crippen LogP contribution in [0.2, 0.25) is 0 Å². The Bertz CT molecular complexity index is 179. The van der Waals surface area contributed by atoms with Crippen molar-refractivity contribution in [2.45, 2.75) is 38.7 Å². The van der Waals surface area contributed by atoms with E-state index < -0.39 is 0 Å². The molecule has 2 fully saturated rings. The van der Waals surface area contributed by atoms with Crippen LogP contribution in [0.3, 0.4) is 0 Å². The van der Waals surface area contributed by atoms with Gasteiger partial charge in [-0.05, 0) is 37.5 Å². The number of rotatable bonds is 4. The lowest BCUT2D eigenvalue weighted by Crippen LogP contribution is -2.44. The zero-order valence-corrected chi connectivity index (χ0v) is 9.54. The quantitative estimate of drug-likeness (QED) is 0.684. The van der Waals surface area contributed by atoms with Crippen LogP contribution >= 0.6 is 0 Å². The normalized spacial score (nSPS) is 34.7. The van der Waals surface area contributed by atoms with Crippen molar-refractivity contribution in [3.8, 4) is 0 Å². The fourth-order valence-electron chi connectivity index (χ4n) is 2.62. The van der Waals surface area contributed by atoms with Gasteiger partial charge in [0.25, 0.3) is 0 Å². The molecule has 2 nitrogen and oxygen atoms in total. The lowest BCUT2D eigenvalue weighted by atomic mass is 9.92. The molecule has 1 aliphatic heterocycles. The zero-order chi connectivity index (χ0) is 9.97. The van der Waals surface area contributed by atoms with Gasteiger partial charge in [-0.25, -0.2) is 0 Å². The van der Waals surface area contributed by atoms with Gasteiger partial charge < -0.3 is 9.64 Å². The van der Waals surface area contributed by atoms with Crippen molar-refractivity contribution in [2.24, 2.45) is 11.8 Å². The molecule has 0 amide bonds. The van der Waals surface area contributed by atoms with Crippen LogP contribution in [0.15, 0.2) is 0 Å². The first-order valence-electron chi connectivity index (χ1n) is 6.08. The number of hydrogen-bond donors (Lipinski definition) is 0. The van der Waals surface area contributed by atoms with Crippen LogP contribution in [-0.2, 0) is 4.74 Å². The fraction of sp³-hybridized carbons (Fsp3) is 1.00. The molecular weight excluding hydrogens is 174 g/mol. The minimum Gasteiger partial charge on any atom is -0.381 e. The third-order valence-electron chi connectivity index (χ3n) is 3.79. The van der Waals surface area contributed by atoms with Crippen molar-refractivity contribution in [1.29, 1.82) is 0 Å². The van der Waals surface area contributed by atoms with Gasteiger partial charge in [0, 0.05) is 26.7 Å². The number of ether oxygens (including phenoxy) is 1. The van der Waals surface area contributed by atoms with Gasteiger partial charge >= 0.3 is 0 Å². The third kappa shape index (κ3) is 2.48. The highest BCUT2D eigenvalue weighted by Crippen LogP contribution is 2.32. The summed E-state index contributed by atoms with van der Waals surface area (Å²) in [6.07, 6.45) is 5.97. The average Bonchev–Trinajstić information content (AvgIpc) is 3.01. The van der Waals surface area contributed by atoms with Crippen molar-refractivity contribution >= 4 is 0 Å².